The van der Waals surface area contributed by atoms with Crippen molar-refractivity contribution < 1.29 is 0 Å². The molecule has 1 atom stereocenters. The number of anilines is 1. The summed E-state index contributed by atoms with van der Waals surface area (Å²) in [4.78, 5) is 4.61. The summed E-state index contributed by atoms with van der Waals surface area (Å²) in [6, 6.07) is 18.2. The lowest BCUT2D eigenvalue weighted by Crippen LogP contribution is -2.27. The number of nitriles is 1. The van der Waals surface area contributed by atoms with Gasteiger partial charge in [0, 0.05) is 0 Å². The number of hydrogen-bond donors (Lipinski definition) is 2. The highest BCUT2D eigenvalue weighted by Gasteiger charge is 2.30. The fourth-order valence-electron chi connectivity index (χ4n) is 3.23. The molecular weight excluding hydrogens is 298 g/mol. The molecule has 0 fully saturated rings. The Morgan fingerprint density at radius 1 is 1.21 bits per heavy atom. The zero-order chi connectivity index (χ0) is 16.7. The molecule has 1 aromatic heterocycles. The number of rotatable bonds is 2. The average Bonchev–Trinajstić information content (AvgIpc) is 2.98. The number of nitrogens with one attached hydrogen (secondary N) is 1. The second-order valence-corrected chi connectivity index (χ2v) is 5.86. The van der Waals surface area contributed by atoms with Gasteiger partial charge in [-0.05, 0) is 29.7 Å². The zero-order valence-corrected chi connectivity index (χ0v) is 13.3. The van der Waals surface area contributed by atoms with Gasteiger partial charge >= 0.3 is 0 Å². The molecule has 1 aliphatic rings. The van der Waals surface area contributed by atoms with Gasteiger partial charge in [0.05, 0.1) is 16.6 Å². The lowest BCUT2D eigenvalue weighted by Gasteiger charge is -2.27. The second kappa shape index (κ2) is 5.43. The van der Waals surface area contributed by atoms with Crippen LogP contribution in [0.3, 0.4) is 0 Å². The van der Waals surface area contributed by atoms with E-state index in [-0.39, 0.29) is 6.04 Å². The number of allylic oxidation sites excluding steroid dienone is 1. The molecular formula is C19H17N5. The zero-order valence-electron chi connectivity index (χ0n) is 13.3. The molecule has 24 heavy (non-hydrogen) atoms. The number of nitrogens with zero attached hydrogens (tertiary/aromatic N) is 3. The van der Waals surface area contributed by atoms with Gasteiger partial charge in [0.2, 0.25) is 5.95 Å². The molecule has 4 rings (SSSR count). The van der Waals surface area contributed by atoms with Crippen LogP contribution in [-0.2, 0) is 6.42 Å². The van der Waals surface area contributed by atoms with Gasteiger partial charge in [-0.1, -0.05) is 43.3 Å². The molecule has 5 heteroatoms. The van der Waals surface area contributed by atoms with Gasteiger partial charge in [-0.2, -0.15) is 5.26 Å². The van der Waals surface area contributed by atoms with Crippen molar-refractivity contribution >= 4 is 17.0 Å². The molecule has 3 N–H and O–H groups in total. The van der Waals surface area contributed by atoms with Gasteiger partial charge in [-0.3, -0.25) is 4.57 Å². The Hall–Kier alpha value is -3.26. The Morgan fingerprint density at radius 3 is 2.67 bits per heavy atom. The Bertz CT molecular complexity index is 989. The van der Waals surface area contributed by atoms with E-state index in [0.29, 0.717) is 17.3 Å². The molecule has 0 aliphatic carbocycles. The van der Waals surface area contributed by atoms with Crippen LogP contribution in [0, 0.1) is 11.3 Å². The van der Waals surface area contributed by atoms with E-state index in [9.17, 15) is 5.26 Å². The summed E-state index contributed by atoms with van der Waals surface area (Å²) in [6.07, 6.45) is 0.981. The molecule has 0 unspecified atom stereocenters. The molecule has 3 aromatic rings. The Kier molecular flexibility index (Phi) is 3.24. The van der Waals surface area contributed by atoms with E-state index >= 15 is 0 Å². The van der Waals surface area contributed by atoms with Gasteiger partial charge in [0.1, 0.15) is 17.9 Å². The fraction of sp³-hybridized carbons (Fsp3) is 0.158. The minimum absolute atomic E-state index is 0.274. The van der Waals surface area contributed by atoms with E-state index in [0.717, 1.165) is 23.0 Å². The van der Waals surface area contributed by atoms with Gasteiger partial charge in [0.15, 0.2) is 0 Å². The monoisotopic (exact) mass is 315 g/mol. The third-order valence-corrected chi connectivity index (χ3v) is 4.49. The van der Waals surface area contributed by atoms with Crippen LogP contribution in [-0.4, -0.2) is 9.55 Å². The molecule has 0 saturated heterocycles. The predicted octanol–water partition coefficient (Wildman–Crippen LogP) is 3.31. The quantitative estimate of drug-likeness (QED) is 0.760. The topological polar surface area (TPSA) is 79.7 Å². The molecule has 1 aliphatic heterocycles. The number of fused-ring (bicyclic) bond motifs is 3. The molecule has 0 amide bonds. The van der Waals surface area contributed by atoms with Crippen molar-refractivity contribution in [3.8, 4) is 6.07 Å². The first kappa shape index (κ1) is 14.3. The maximum Gasteiger partial charge on any atom is 0.210 e. The molecule has 5 nitrogen and oxygen atoms in total. The lowest BCUT2D eigenvalue weighted by molar-refractivity contribution is 0.680. The first-order valence-corrected chi connectivity index (χ1v) is 7.95. The highest BCUT2D eigenvalue weighted by atomic mass is 15.3. The second-order valence-electron chi connectivity index (χ2n) is 5.86. The van der Waals surface area contributed by atoms with E-state index in [4.69, 9.17) is 5.73 Å². The Labute approximate surface area is 140 Å². The van der Waals surface area contributed by atoms with Crippen molar-refractivity contribution in [2.45, 2.75) is 19.4 Å². The summed E-state index contributed by atoms with van der Waals surface area (Å²) in [5.74, 6) is 1.03. The van der Waals surface area contributed by atoms with Crippen LogP contribution in [0.25, 0.3) is 11.0 Å². The van der Waals surface area contributed by atoms with Crippen LogP contribution in [0.5, 0.6) is 0 Å². The normalized spacial score (nSPS) is 16.6. The van der Waals surface area contributed by atoms with Crippen molar-refractivity contribution in [2.24, 2.45) is 5.73 Å². The van der Waals surface area contributed by atoms with E-state index in [2.05, 4.69) is 47.6 Å². The van der Waals surface area contributed by atoms with Gasteiger partial charge in [0.25, 0.3) is 0 Å². The molecule has 0 saturated carbocycles. The van der Waals surface area contributed by atoms with Crippen molar-refractivity contribution in [1.82, 2.24) is 9.55 Å². The third kappa shape index (κ3) is 2.04. The first-order valence-electron chi connectivity index (χ1n) is 7.95. The van der Waals surface area contributed by atoms with Crippen LogP contribution in [0.2, 0.25) is 0 Å². The van der Waals surface area contributed by atoms with Crippen molar-refractivity contribution in [3.05, 3.63) is 71.1 Å². The summed E-state index contributed by atoms with van der Waals surface area (Å²) in [7, 11) is 0. The van der Waals surface area contributed by atoms with Gasteiger partial charge < -0.3 is 11.1 Å². The molecule has 0 bridgehead atoms. The van der Waals surface area contributed by atoms with E-state index < -0.39 is 0 Å². The minimum atomic E-state index is -0.274. The van der Waals surface area contributed by atoms with E-state index in [1.54, 1.807) is 0 Å². The average molecular weight is 315 g/mol. The van der Waals surface area contributed by atoms with E-state index in [1.807, 2.05) is 28.8 Å². The van der Waals surface area contributed by atoms with Gasteiger partial charge in [-0.25, -0.2) is 4.98 Å². The lowest BCUT2D eigenvalue weighted by atomic mass is 9.96. The van der Waals surface area contributed by atoms with Crippen LogP contribution in [0.1, 0.15) is 24.1 Å². The Balaban J connectivity index is 1.97. The first-order chi connectivity index (χ1) is 11.7. The number of nitrogens with two attached hydrogens (primary N) is 1. The largest absolute Gasteiger partial charge is 0.384 e. The van der Waals surface area contributed by atoms with Crippen LogP contribution < -0.4 is 11.1 Å². The SMILES string of the molecule is CCc1ccc([C@@H]2C(C#N)=C(N)Nc3nc4ccccc4n32)cc1. The number of aryl methyl sites for hydroxylation is 1. The smallest absolute Gasteiger partial charge is 0.210 e. The van der Waals surface area contributed by atoms with E-state index in [1.165, 1.54) is 5.56 Å². The van der Waals surface area contributed by atoms with Crippen LogP contribution in [0.15, 0.2) is 59.9 Å². The minimum Gasteiger partial charge on any atom is -0.384 e. The fourth-order valence-corrected chi connectivity index (χ4v) is 3.23. The predicted molar refractivity (Wildman–Crippen MR) is 94.1 cm³/mol. The maximum absolute atomic E-state index is 9.67. The summed E-state index contributed by atoms with van der Waals surface area (Å²) in [5.41, 5.74) is 10.8. The number of benzene rings is 2. The number of para-hydroxylation sites is 2. The number of aromatic nitrogens is 2. The van der Waals surface area contributed by atoms with Crippen molar-refractivity contribution in [2.75, 3.05) is 5.32 Å². The highest BCUT2D eigenvalue weighted by molar-refractivity contribution is 5.80. The standard InChI is InChI=1S/C19H17N5/c1-2-12-7-9-13(10-8-12)17-14(11-20)18(21)23-19-22-15-5-3-4-6-16(15)24(17)19/h3-10,17H,2,21H2,1H3,(H,22,23)/t17-/m1/s1. The Morgan fingerprint density at radius 2 is 1.96 bits per heavy atom. The van der Waals surface area contributed by atoms with Gasteiger partial charge in [-0.15, -0.1) is 0 Å². The van der Waals surface area contributed by atoms with Crippen LogP contribution >= 0.6 is 0 Å². The summed E-state index contributed by atoms with van der Waals surface area (Å²) >= 11 is 0. The maximum atomic E-state index is 9.67. The molecule has 118 valence electrons. The van der Waals surface area contributed by atoms with Crippen molar-refractivity contribution in [1.29, 1.82) is 5.26 Å². The summed E-state index contributed by atoms with van der Waals surface area (Å²) in [5, 5.41) is 12.7. The summed E-state index contributed by atoms with van der Waals surface area (Å²) in [6.45, 7) is 2.12. The molecule has 2 aromatic carbocycles. The molecule has 2 heterocycles. The molecule has 0 radical (unpaired) electrons. The number of hydrogen-bond acceptors (Lipinski definition) is 4. The number of imidazole rings is 1. The molecule has 0 spiro atoms. The summed E-state index contributed by atoms with van der Waals surface area (Å²) < 4.78 is 2.05. The highest BCUT2D eigenvalue weighted by Crippen LogP contribution is 2.37. The third-order valence-electron chi connectivity index (χ3n) is 4.49. The van der Waals surface area contributed by atoms with Crippen LogP contribution in [0.4, 0.5) is 5.95 Å². The van der Waals surface area contributed by atoms with Crippen molar-refractivity contribution in [3.63, 3.8) is 0 Å².